The van der Waals surface area contributed by atoms with E-state index in [1.165, 1.54) is 0 Å². The van der Waals surface area contributed by atoms with Crippen LogP contribution in [0.5, 0.6) is 0 Å². The molecule has 0 bridgehead atoms. The van der Waals surface area contributed by atoms with Gasteiger partial charge in [-0.25, -0.2) is 0 Å². The average Bonchev–Trinajstić information content (AvgIpc) is 3.32. The van der Waals surface area contributed by atoms with Gasteiger partial charge in [-0.15, -0.1) is 0 Å². The normalized spacial score (nSPS) is 13.0. The molecule has 9 aromatic rings. The Morgan fingerprint density at radius 2 is 0.704 bits per heavy atom. The summed E-state index contributed by atoms with van der Waals surface area (Å²) < 4.78 is 73.7. The van der Waals surface area contributed by atoms with Crippen LogP contribution in [0.2, 0.25) is 0 Å². The van der Waals surface area contributed by atoms with Gasteiger partial charge in [0.15, 0.2) is 0 Å². The van der Waals surface area contributed by atoms with Crippen LogP contribution in [0, 0.1) is 0 Å². The zero-order chi connectivity index (χ0) is 43.1. The second kappa shape index (κ2) is 14.8. The molecule has 0 spiro atoms. The van der Waals surface area contributed by atoms with Crippen molar-refractivity contribution in [3.63, 3.8) is 0 Å². The second-order valence-electron chi connectivity index (χ2n) is 12.7. The Morgan fingerprint density at radius 3 is 1.26 bits per heavy atom. The van der Waals surface area contributed by atoms with E-state index in [-0.39, 0.29) is 46.5 Å². The Labute approximate surface area is 328 Å². The Kier molecular flexibility index (Phi) is 6.84. The number of nitrogens with zero attached hydrogens (tertiary/aromatic N) is 2. The van der Waals surface area contributed by atoms with Crippen LogP contribution in [0.15, 0.2) is 230 Å². The number of hydrogen-bond acceptors (Lipinski definition) is 2. The Hall–Kier alpha value is -7.16. The molecule has 9 rings (SSSR count). The van der Waals surface area contributed by atoms with Crippen LogP contribution in [-0.2, 0) is 0 Å². The molecule has 0 aromatic heterocycles. The minimum absolute atomic E-state index is 0.00256. The summed E-state index contributed by atoms with van der Waals surface area (Å²) in [6, 6.07) is 55.1. The number of para-hydroxylation sites is 3. The van der Waals surface area contributed by atoms with Gasteiger partial charge >= 0.3 is 0 Å². The first kappa shape index (κ1) is 24.9. The molecule has 2 nitrogen and oxygen atoms in total. The van der Waals surface area contributed by atoms with Crippen molar-refractivity contribution in [2.75, 3.05) is 9.80 Å². The molecule has 0 saturated heterocycles. The van der Waals surface area contributed by atoms with Crippen LogP contribution in [0.4, 0.5) is 34.1 Å². The standard InChI is InChI=1S/C52H38N2/c1-5-16-44(17-6-1)52-50-24-14-13-15-43(50)33-38-51(52)54(47-22-11-4-12-23-47)49-36-31-42(32-37-49)40-27-25-39(26-28-40)41-29-34-48(35-30-41)53(45-18-7-2-8-19-45)46-20-9-3-10-21-46/h1-38H/i25D,26D,27D,28D,29D,30D,34D,35D. The quantitative estimate of drug-likeness (QED) is 0.148. The Morgan fingerprint density at radius 1 is 0.278 bits per heavy atom. The zero-order valence-corrected chi connectivity index (χ0v) is 29.2. The Bertz CT molecular complexity index is 2990. The smallest absolute Gasteiger partial charge is 0.0645 e. The van der Waals surface area contributed by atoms with Crippen molar-refractivity contribution in [3.05, 3.63) is 230 Å². The summed E-state index contributed by atoms with van der Waals surface area (Å²) in [5.74, 6) is 0. The first-order valence-corrected chi connectivity index (χ1v) is 17.8. The maximum absolute atomic E-state index is 9.23. The lowest BCUT2D eigenvalue weighted by molar-refractivity contribution is 1.28. The summed E-state index contributed by atoms with van der Waals surface area (Å²) in [7, 11) is 0. The van der Waals surface area contributed by atoms with Gasteiger partial charge in [-0.2, -0.15) is 0 Å². The van der Waals surface area contributed by atoms with Crippen LogP contribution in [0.3, 0.4) is 0 Å². The fraction of sp³-hybridized carbons (Fsp3) is 0. The first-order chi connectivity index (χ1) is 30.2. The molecule has 2 heteroatoms. The lowest BCUT2D eigenvalue weighted by Crippen LogP contribution is -2.11. The van der Waals surface area contributed by atoms with Gasteiger partial charge < -0.3 is 9.80 Å². The topological polar surface area (TPSA) is 6.48 Å². The van der Waals surface area contributed by atoms with Gasteiger partial charge in [0.05, 0.1) is 16.7 Å². The van der Waals surface area contributed by atoms with Crippen molar-refractivity contribution in [3.8, 4) is 33.4 Å². The third-order valence-corrected chi connectivity index (χ3v) is 9.38. The molecule has 0 fully saturated rings. The fourth-order valence-corrected chi connectivity index (χ4v) is 6.82. The number of rotatable bonds is 9. The minimum atomic E-state index is -0.472. The summed E-state index contributed by atoms with van der Waals surface area (Å²) in [4.78, 5) is 3.81. The van der Waals surface area contributed by atoms with Crippen LogP contribution in [-0.4, -0.2) is 0 Å². The summed E-state index contributed by atoms with van der Waals surface area (Å²) in [5.41, 5.74) is 5.93. The SMILES string of the molecule is [2H]c1c([2H])c(-c2c([2H])c([2H])c(N(c3ccccc3)c3ccccc3)c([2H])c2[2H])c([2H])c([2H])c1-c1ccc(N(c2ccccc2)c2ccc3ccccc3c2-c2ccccc2)cc1. The lowest BCUT2D eigenvalue weighted by atomic mass is 9.95. The minimum Gasteiger partial charge on any atom is -0.311 e. The highest BCUT2D eigenvalue weighted by atomic mass is 15.1. The highest BCUT2D eigenvalue weighted by Gasteiger charge is 2.19. The monoisotopic (exact) mass is 698 g/mol. The lowest BCUT2D eigenvalue weighted by Gasteiger charge is -2.29. The van der Waals surface area contributed by atoms with Crippen molar-refractivity contribution >= 4 is 44.9 Å². The summed E-state index contributed by atoms with van der Waals surface area (Å²) in [6.07, 6.45) is 0. The van der Waals surface area contributed by atoms with Gasteiger partial charge in [-0.3, -0.25) is 0 Å². The van der Waals surface area contributed by atoms with E-state index < -0.39 is 24.2 Å². The predicted octanol–water partition coefficient (Wildman–Crippen LogP) is 14.8. The first-order valence-electron chi connectivity index (χ1n) is 21.8. The van der Waals surface area contributed by atoms with Crippen LogP contribution in [0.1, 0.15) is 11.0 Å². The van der Waals surface area contributed by atoms with E-state index in [1.807, 2.05) is 133 Å². The molecule has 256 valence electrons. The van der Waals surface area contributed by atoms with Crippen LogP contribution >= 0.6 is 0 Å². The van der Waals surface area contributed by atoms with Gasteiger partial charge in [0.2, 0.25) is 0 Å². The third-order valence-electron chi connectivity index (χ3n) is 9.38. The summed E-state index contributed by atoms with van der Waals surface area (Å²) >= 11 is 0. The van der Waals surface area contributed by atoms with Gasteiger partial charge in [0, 0.05) is 34.0 Å². The van der Waals surface area contributed by atoms with Crippen molar-refractivity contribution in [2.24, 2.45) is 0 Å². The largest absolute Gasteiger partial charge is 0.311 e. The summed E-state index contributed by atoms with van der Waals surface area (Å²) in [6.45, 7) is 0. The number of hydrogen-bond donors (Lipinski definition) is 0. The number of benzene rings is 9. The maximum Gasteiger partial charge on any atom is 0.0645 e. The molecule has 54 heavy (non-hydrogen) atoms. The molecule has 0 amide bonds. The summed E-state index contributed by atoms with van der Waals surface area (Å²) in [5, 5.41) is 2.20. The average molecular weight is 699 g/mol. The molecular formula is C52H38N2. The molecule has 0 aliphatic heterocycles. The van der Waals surface area contributed by atoms with E-state index in [1.54, 1.807) is 17.0 Å². The molecule has 9 aromatic carbocycles. The highest BCUT2D eigenvalue weighted by Crippen LogP contribution is 2.44. The van der Waals surface area contributed by atoms with Crippen molar-refractivity contribution in [1.29, 1.82) is 0 Å². The van der Waals surface area contributed by atoms with E-state index >= 15 is 0 Å². The Balaban J connectivity index is 1.16. The van der Waals surface area contributed by atoms with Crippen molar-refractivity contribution in [2.45, 2.75) is 0 Å². The second-order valence-corrected chi connectivity index (χ2v) is 12.7. The molecule has 0 heterocycles. The van der Waals surface area contributed by atoms with Crippen LogP contribution < -0.4 is 9.80 Å². The molecule has 0 radical (unpaired) electrons. The molecule has 0 atom stereocenters. The van der Waals surface area contributed by atoms with E-state index in [9.17, 15) is 11.0 Å². The van der Waals surface area contributed by atoms with Crippen molar-refractivity contribution in [1.82, 2.24) is 0 Å². The molecule has 0 aliphatic rings. The third kappa shape index (κ3) is 6.53. The van der Waals surface area contributed by atoms with Gasteiger partial charge in [-0.05, 0) is 105 Å². The van der Waals surface area contributed by atoms with Crippen molar-refractivity contribution < 1.29 is 11.0 Å². The maximum atomic E-state index is 9.23. The van der Waals surface area contributed by atoms with Gasteiger partial charge in [0.1, 0.15) is 0 Å². The number of anilines is 6. The van der Waals surface area contributed by atoms with Gasteiger partial charge in [-0.1, -0.05) is 164 Å². The molecule has 0 unspecified atom stereocenters. The molecule has 0 aliphatic carbocycles. The van der Waals surface area contributed by atoms with E-state index in [0.717, 1.165) is 39.0 Å². The van der Waals surface area contributed by atoms with E-state index in [0.29, 0.717) is 16.9 Å². The number of fused-ring (bicyclic) bond motifs is 1. The fourth-order valence-electron chi connectivity index (χ4n) is 6.82. The molecule has 0 saturated carbocycles. The van der Waals surface area contributed by atoms with E-state index in [2.05, 4.69) is 41.3 Å². The van der Waals surface area contributed by atoms with E-state index in [4.69, 9.17) is 0 Å². The van der Waals surface area contributed by atoms with Crippen LogP contribution in [0.25, 0.3) is 44.2 Å². The van der Waals surface area contributed by atoms with Gasteiger partial charge in [0.25, 0.3) is 0 Å². The predicted molar refractivity (Wildman–Crippen MR) is 230 cm³/mol. The molecular weight excluding hydrogens is 653 g/mol. The molecule has 0 N–H and O–H groups in total. The zero-order valence-electron chi connectivity index (χ0n) is 37.2. The highest BCUT2D eigenvalue weighted by molar-refractivity contribution is 6.05.